The lowest BCUT2D eigenvalue weighted by atomic mass is 10.2. The fourth-order valence-corrected chi connectivity index (χ4v) is 4.39. The number of benzene rings is 1. The predicted molar refractivity (Wildman–Crippen MR) is 122 cm³/mol. The van der Waals surface area contributed by atoms with Crippen LogP contribution in [0.4, 0.5) is 0 Å². The van der Waals surface area contributed by atoms with Crippen molar-refractivity contribution in [2.75, 3.05) is 26.9 Å². The summed E-state index contributed by atoms with van der Waals surface area (Å²) >= 11 is 10.0. The molecular weight excluding hydrogens is 478 g/mol. The van der Waals surface area contributed by atoms with Crippen molar-refractivity contribution in [2.45, 2.75) is 33.1 Å². The summed E-state index contributed by atoms with van der Waals surface area (Å²) < 4.78 is 17.4. The lowest BCUT2D eigenvalue weighted by molar-refractivity contribution is -0.143. The molecule has 1 fully saturated rings. The standard InChI is InChI=1S/C20H24BrNO5S2/c1-4-8-26-17(23)6-7-22-19(24)16(29-20(22)28)12-13-10-14(21)18(27-9-5-2)15(11-13)25-3/h10-12H,4-9H2,1-3H3/b16-12-. The summed E-state index contributed by atoms with van der Waals surface area (Å²) in [5.41, 5.74) is 0.778. The van der Waals surface area contributed by atoms with Crippen molar-refractivity contribution in [2.24, 2.45) is 0 Å². The molecule has 1 saturated heterocycles. The molecule has 1 aromatic rings. The lowest BCUT2D eigenvalue weighted by Crippen LogP contribution is -2.30. The first-order valence-corrected chi connectivity index (χ1v) is 11.3. The maximum Gasteiger partial charge on any atom is 0.307 e. The van der Waals surface area contributed by atoms with Gasteiger partial charge in [0.05, 0.1) is 36.1 Å². The second-order valence-corrected chi connectivity index (χ2v) is 8.72. The molecule has 0 spiro atoms. The summed E-state index contributed by atoms with van der Waals surface area (Å²) in [4.78, 5) is 26.4. The minimum atomic E-state index is -0.332. The Morgan fingerprint density at radius 3 is 2.66 bits per heavy atom. The number of halogens is 1. The molecule has 0 aliphatic carbocycles. The van der Waals surface area contributed by atoms with Crippen LogP contribution in [-0.4, -0.2) is 48.0 Å². The Kier molecular flexibility index (Phi) is 9.45. The van der Waals surface area contributed by atoms with E-state index < -0.39 is 0 Å². The molecule has 0 N–H and O–H groups in total. The van der Waals surface area contributed by atoms with Crippen LogP contribution < -0.4 is 9.47 Å². The second-order valence-electron chi connectivity index (χ2n) is 6.19. The number of rotatable bonds is 10. The van der Waals surface area contributed by atoms with E-state index in [1.807, 2.05) is 26.0 Å². The fourth-order valence-electron chi connectivity index (χ4n) is 2.50. The number of hydrogen-bond acceptors (Lipinski definition) is 7. The Morgan fingerprint density at radius 1 is 1.28 bits per heavy atom. The molecule has 2 rings (SSSR count). The molecule has 29 heavy (non-hydrogen) atoms. The third-order valence-corrected chi connectivity index (χ3v) is 5.85. The van der Waals surface area contributed by atoms with Crippen molar-refractivity contribution in [1.29, 1.82) is 0 Å². The Hall–Kier alpha value is -1.58. The molecule has 1 heterocycles. The summed E-state index contributed by atoms with van der Waals surface area (Å²) in [5, 5.41) is 0. The van der Waals surface area contributed by atoms with Crippen molar-refractivity contribution in [3.63, 3.8) is 0 Å². The van der Waals surface area contributed by atoms with Gasteiger partial charge in [-0.25, -0.2) is 0 Å². The zero-order valence-corrected chi connectivity index (χ0v) is 19.9. The van der Waals surface area contributed by atoms with E-state index in [-0.39, 0.29) is 24.8 Å². The minimum absolute atomic E-state index is 0.114. The smallest absolute Gasteiger partial charge is 0.307 e. The average Bonchev–Trinajstić information content (AvgIpc) is 2.96. The minimum Gasteiger partial charge on any atom is -0.493 e. The van der Waals surface area contributed by atoms with E-state index >= 15 is 0 Å². The third-order valence-electron chi connectivity index (χ3n) is 3.88. The summed E-state index contributed by atoms with van der Waals surface area (Å²) in [6.07, 6.45) is 3.51. The largest absolute Gasteiger partial charge is 0.493 e. The first-order valence-electron chi connectivity index (χ1n) is 9.32. The van der Waals surface area contributed by atoms with Gasteiger partial charge in [0, 0.05) is 6.54 Å². The number of thioether (sulfide) groups is 1. The number of amides is 1. The molecule has 1 aliphatic rings. The zero-order valence-electron chi connectivity index (χ0n) is 16.7. The van der Waals surface area contributed by atoms with E-state index in [9.17, 15) is 9.59 Å². The van der Waals surface area contributed by atoms with E-state index in [1.165, 1.54) is 16.7 Å². The number of esters is 1. The fraction of sp³-hybridized carbons (Fsp3) is 0.450. The quantitative estimate of drug-likeness (QED) is 0.259. The number of nitrogens with zero attached hydrogens (tertiary/aromatic N) is 1. The number of carbonyl (C=O) groups excluding carboxylic acids is 2. The molecule has 0 bridgehead atoms. The predicted octanol–water partition coefficient (Wildman–Crippen LogP) is 4.79. The van der Waals surface area contributed by atoms with Crippen LogP contribution in [0.15, 0.2) is 21.5 Å². The highest BCUT2D eigenvalue weighted by molar-refractivity contribution is 9.10. The van der Waals surface area contributed by atoms with Crippen LogP contribution in [0.25, 0.3) is 6.08 Å². The Morgan fingerprint density at radius 2 is 2.00 bits per heavy atom. The SMILES string of the molecule is CCCOC(=O)CCN1C(=O)/C(=C/c2cc(Br)c(OCCC)c(OC)c2)SC1=S. The van der Waals surface area contributed by atoms with Gasteiger partial charge in [-0.2, -0.15) is 0 Å². The molecule has 0 atom stereocenters. The number of carbonyl (C=O) groups is 2. The highest BCUT2D eigenvalue weighted by atomic mass is 79.9. The van der Waals surface area contributed by atoms with Gasteiger partial charge in [0.2, 0.25) is 0 Å². The summed E-state index contributed by atoms with van der Waals surface area (Å²) in [6.45, 7) is 5.12. The van der Waals surface area contributed by atoms with Gasteiger partial charge in [-0.3, -0.25) is 14.5 Å². The zero-order chi connectivity index (χ0) is 21.4. The van der Waals surface area contributed by atoms with Crippen molar-refractivity contribution in [3.8, 4) is 11.5 Å². The average molecular weight is 502 g/mol. The molecule has 0 saturated carbocycles. The molecule has 1 aliphatic heterocycles. The summed E-state index contributed by atoms with van der Waals surface area (Å²) in [7, 11) is 1.57. The molecule has 1 amide bonds. The van der Waals surface area contributed by atoms with Gasteiger partial charge >= 0.3 is 5.97 Å². The number of hydrogen-bond donors (Lipinski definition) is 0. The molecule has 1 aromatic carbocycles. The first-order chi connectivity index (χ1) is 13.9. The normalized spacial score (nSPS) is 15.2. The molecule has 158 valence electrons. The molecule has 0 radical (unpaired) electrons. The van der Waals surface area contributed by atoms with Gasteiger partial charge in [0.15, 0.2) is 11.5 Å². The van der Waals surface area contributed by atoms with Crippen LogP contribution in [0.1, 0.15) is 38.7 Å². The van der Waals surface area contributed by atoms with Crippen molar-refractivity contribution in [3.05, 3.63) is 27.1 Å². The monoisotopic (exact) mass is 501 g/mol. The molecule has 6 nitrogen and oxygen atoms in total. The van der Waals surface area contributed by atoms with Crippen molar-refractivity contribution < 1.29 is 23.8 Å². The number of thiocarbonyl (C=S) groups is 1. The lowest BCUT2D eigenvalue weighted by Gasteiger charge is -2.14. The van der Waals surface area contributed by atoms with Gasteiger partial charge < -0.3 is 14.2 Å². The van der Waals surface area contributed by atoms with E-state index in [2.05, 4.69) is 15.9 Å². The topological polar surface area (TPSA) is 65.1 Å². The molecular formula is C20H24BrNO5S2. The van der Waals surface area contributed by atoms with Crippen LogP contribution in [0.2, 0.25) is 0 Å². The molecule has 0 aromatic heterocycles. The van der Waals surface area contributed by atoms with E-state index in [0.717, 1.165) is 22.9 Å². The highest BCUT2D eigenvalue weighted by Crippen LogP contribution is 2.39. The molecule has 0 unspecified atom stereocenters. The summed E-state index contributed by atoms with van der Waals surface area (Å²) in [5.74, 6) is 0.656. The maximum absolute atomic E-state index is 12.7. The van der Waals surface area contributed by atoms with Crippen LogP contribution >= 0.6 is 39.9 Å². The van der Waals surface area contributed by atoms with Gasteiger partial charge in [0.25, 0.3) is 5.91 Å². The Balaban J connectivity index is 2.14. The van der Waals surface area contributed by atoms with Gasteiger partial charge in [-0.15, -0.1) is 0 Å². The van der Waals surface area contributed by atoms with Crippen molar-refractivity contribution >= 4 is 62.2 Å². The third kappa shape index (κ3) is 6.45. The van der Waals surface area contributed by atoms with E-state index in [0.29, 0.717) is 33.9 Å². The van der Waals surface area contributed by atoms with Crippen molar-refractivity contribution in [1.82, 2.24) is 4.90 Å². The van der Waals surface area contributed by atoms with Gasteiger partial charge in [-0.05, 0) is 52.5 Å². The summed E-state index contributed by atoms with van der Waals surface area (Å²) in [6, 6.07) is 3.67. The molecule has 9 heteroatoms. The van der Waals surface area contributed by atoms with Gasteiger partial charge in [0.1, 0.15) is 4.32 Å². The highest BCUT2D eigenvalue weighted by Gasteiger charge is 2.32. The van der Waals surface area contributed by atoms with Crippen LogP contribution in [0.5, 0.6) is 11.5 Å². The maximum atomic E-state index is 12.7. The van der Waals surface area contributed by atoms with E-state index in [1.54, 1.807) is 13.2 Å². The second kappa shape index (κ2) is 11.6. The Labute approximate surface area is 189 Å². The Bertz CT molecular complexity index is 812. The number of methoxy groups -OCH3 is 1. The van der Waals surface area contributed by atoms with Gasteiger partial charge in [-0.1, -0.05) is 37.8 Å². The van der Waals surface area contributed by atoms with E-state index in [4.69, 9.17) is 26.4 Å². The first kappa shape index (κ1) is 23.7. The van der Waals surface area contributed by atoms with Crippen LogP contribution in [-0.2, 0) is 14.3 Å². The van der Waals surface area contributed by atoms with Crippen LogP contribution in [0.3, 0.4) is 0 Å². The number of ether oxygens (including phenoxy) is 3. The van der Waals surface area contributed by atoms with Crippen LogP contribution in [0, 0.1) is 0 Å².